The highest BCUT2D eigenvalue weighted by Crippen LogP contribution is 2.13. The zero-order valence-electron chi connectivity index (χ0n) is 7.77. The third-order valence-corrected chi connectivity index (χ3v) is 1.92. The number of hydrogen-bond donors (Lipinski definition) is 1. The van der Waals surface area contributed by atoms with Gasteiger partial charge in [-0.1, -0.05) is 18.9 Å². The van der Waals surface area contributed by atoms with Gasteiger partial charge in [0.05, 0.1) is 0 Å². The van der Waals surface area contributed by atoms with Crippen LogP contribution in [0.15, 0.2) is 12.2 Å². The van der Waals surface area contributed by atoms with E-state index in [9.17, 15) is 0 Å². The highest BCUT2D eigenvalue weighted by Gasteiger charge is 1.99. The summed E-state index contributed by atoms with van der Waals surface area (Å²) in [5, 5.41) is 8.63. The van der Waals surface area contributed by atoms with Crippen LogP contribution in [0.3, 0.4) is 0 Å². The second kappa shape index (κ2) is 6.41. The summed E-state index contributed by atoms with van der Waals surface area (Å²) in [6.07, 6.45) is 4.51. The van der Waals surface area contributed by atoms with Crippen molar-refractivity contribution in [2.45, 2.75) is 39.5 Å². The van der Waals surface area contributed by atoms with Crippen molar-refractivity contribution in [3.05, 3.63) is 12.2 Å². The molecule has 1 N–H and O–H groups in total. The molecule has 0 rings (SSSR count). The molecule has 0 aromatic carbocycles. The lowest BCUT2D eigenvalue weighted by Gasteiger charge is -2.08. The number of rotatable bonds is 6. The average Bonchev–Trinajstić information content (AvgIpc) is 1.87. The van der Waals surface area contributed by atoms with Crippen molar-refractivity contribution < 1.29 is 5.11 Å². The van der Waals surface area contributed by atoms with Crippen LogP contribution < -0.4 is 0 Å². The monoisotopic (exact) mass is 156 g/mol. The predicted molar refractivity (Wildman–Crippen MR) is 49.5 cm³/mol. The second-order valence-corrected chi connectivity index (χ2v) is 3.47. The van der Waals surface area contributed by atoms with Crippen LogP contribution in [0.5, 0.6) is 0 Å². The van der Waals surface area contributed by atoms with Gasteiger partial charge < -0.3 is 5.11 Å². The molecule has 0 radical (unpaired) electrons. The number of hydrogen-bond acceptors (Lipinski definition) is 1. The van der Waals surface area contributed by atoms with Crippen molar-refractivity contribution in [2.75, 3.05) is 6.61 Å². The van der Waals surface area contributed by atoms with Crippen molar-refractivity contribution in [3.8, 4) is 0 Å². The van der Waals surface area contributed by atoms with E-state index in [0.29, 0.717) is 12.5 Å². The molecular weight excluding hydrogens is 136 g/mol. The first-order valence-corrected chi connectivity index (χ1v) is 4.42. The molecule has 66 valence electrons. The number of allylic oxidation sites excluding steroid dienone is 1. The number of aliphatic hydroxyl groups excluding tert-OH is 1. The Hall–Kier alpha value is -0.300. The molecule has 1 nitrogen and oxygen atoms in total. The summed E-state index contributed by atoms with van der Waals surface area (Å²) < 4.78 is 0. The molecule has 1 unspecified atom stereocenters. The van der Waals surface area contributed by atoms with E-state index in [4.69, 9.17) is 5.11 Å². The van der Waals surface area contributed by atoms with Crippen LogP contribution in [0.25, 0.3) is 0 Å². The quantitative estimate of drug-likeness (QED) is 0.586. The molecule has 11 heavy (non-hydrogen) atoms. The van der Waals surface area contributed by atoms with Crippen molar-refractivity contribution in [3.63, 3.8) is 0 Å². The average molecular weight is 156 g/mol. The van der Waals surface area contributed by atoms with Crippen molar-refractivity contribution in [1.82, 2.24) is 0 Å². The SMILES string of the molecule is C=C(C)CCCC(C)CCO. The molecule has 0 bridgehead atoms. The van der Waals surface area contributed by atoms with Crippen LogP contribution in [0, 0.1) is 5.92 Å². The highest BCUT2D eigenvalue weighted by molar-refractivity contribution is 4.87. The molecular formula is C10H20O. The molecule has 0 saturated heterocycles. The van der Waals surface area contributed by atoms with Gasteiger partial charge in [-0.3, -0.25) is 0 Å². The maximum absolute atomic E-state index is 8.63. The van der Waals surface area contributed by atoms with E-state index in [1.807, 2.05) is 0 Å². The minimum atomic E-state index is 0.328. The summed E-state index contributed by atoms with van der Waals surface area (Å²) in [5.74, 6) is 0.666. The Morgan fingerprint density at radius 3 is 2.55 bits per heavy atom. The van der Waals surface area contributed by atoms with Gasteiger partial charge >= 0.3 is 0 Å². The normalized spacial score (nSPS) is 13.0. The zero-order chi connectivity index (χ0) is 8.69. The Labute approximate surface area is 70.1 Å². The van der Waals surface area contributed by atoms with Crippen LogP contribution >= 0.6 is 0 Å². The summed E-state index contributed by atoms with van der Waals surface area (Å²) in [6.45, 7) is 8.43. The van der Waals surface area contributed by atoms with E-state index >= 15 is 0 Å². The third-order valence-electron chi connectivity index (χ3n) is 1.92. The fourth-order valence-corrected chi connectivity index (χ4v) is 1.12. The Balaban J connectivity index is 3.16. The molecule has 0 aliphatic heterocycles. The lowest BCUT2D eigenvalue weighted by molar-refractivity contribution is 0.257. The molecule has 0 aliphatic rings. The summed E-state index contributed by atoms with van der Waals surface area (Å²) in [6, 6.07) is 0. The van der Waals surface area contributed by atoms with Crippen molar-refractivity contribution in [2.24, 2.45) is 5.92 Å². The first-order chi connectivity index (χ1) is 5.16. The van der Waals surface area contributed by atoms with Gasteiger partial charge in [0.1, 0.15) is 0 Å². The van der Waals surface area contributed by atoms with E-state index in [2.05, 4.69) is 20.4 Å². The van der Waals surface area contributed by atoms with E-state index in [-0.39, 0.29) is 0 Å². The molecule has 0 amide bonds. The van der Waals surface area contributed by atoms with Crippen molar-refractivity contribution in [1.29, 1.82) is 0 Å². The Bertz CT molecular complexity index is 107. The van der Waals surface area contributed by atoms with Gasteiger partial charge in [-0.05, 0) is 32.1 Å². The molecule has 0 aromatic heterocycles. The van der Waals surface area contributed by atoms with Gasteiger partial charge in [-0.25, -0.2) is 0 Å². The van der Waals surface area contributed by atoms with Gasteiger partial charge in [0.15, 0.2) is 0 Å². The summed E-state index contributed by atoms with van der Waals surface area (Å²) in [5.41, 5.74) is 1.26. The zero-order valence-corrected chi connectivity index (χ0v) is 7.77. The van der Waals surface area contributed by atoms with Crippen molar-refractivity contribution >= 4 is 0 Å². The summed E-state index contributed by atoms with van der Waals surface area (Å²) >= 11 is 0. The Morgan fingerprint density at radius 1 is 1.45 bits per heavy atom. The molecule has 0 heterocycles. The molecule has 0 aromatic rings. The second-order valence-electron chi connectivity index (χ2n) is 3.47. The van der Waals surface area contributed by atoms with Gasteiger partial charge in [0.2, 0.25) is 0 Å². The van der Waals surface area contributed by atoms with Crippen LogP contribution in [0.2, 0.25) is 0 Å². The maximum Gasteiger partial charge on any atom is 0.0433 e. The topological polar surface area (TPSA) is 20.2 Å². The van der Waals surface area contributed by atoms with E-state index in [1.165, 1.54) is 18.4 Å². The Kier molecular flexibility index (Phi) is 6.24. The van der Waals surface area contributed by atoms with Gasteiger partial charge in [0.25, 0.3) is 0 Å². The predicted octanol–water partition coefficient (Wildman–Crippen LogP) is 2.75. The molecule has 0 spiro atoms. The fraction of sp³-hybridized carbons (Fsp3) is 0.800. The van der Waals surface area contributed by atoms with Gasteiger partial charge in [-0.2, -0.15) is 0 Å². The fourth-order valence-electron chi connectivity index (χ4n) is 1.12. The van der Waals surface area contributed by atoms with Crippen LogP contribution in [0.4, 0.5) is 0 Å². The van der Waals surface area contributed by atoms with E-state index in [0.717, 1.165) is 12.8 Å². The van der Waals surface area contributed by atoms with Crippen LogP contribution in [0.1, 0.15) is 39.5 Å². The van der Waals surface area contributed by atoms with Crippen LogP contribution in [-0.2, 0) is 0 Å². The first-order valence-electron chi connectivity index (χ1n) is 4.42. The lowest BCUT2D eigenvalue weighted by atomic mass is 10.00. The summed E-state index contributed by atoms with van der Waals surface area (Å²) in [4.78, 5) is 0. The lowest BCUT2D eigenvalue weighted by Crippen LogP contribution is -1.97. The molecule has 1 atom stereocenters. The van der Waals surface area contributed by atoms with Crippen LogP contribution in [-0.4, -0.2) is 11.7 Å². The largest absolute Gasteiger partial charge is 0.396 e. The molecule has 0 fully saturated rings. The number of aliphatic hydroxyl groups is 1. The molecule has 0 saturated carbocycles. The highest BCUT2D eigenvalue weighted by atomic mass is 16.2. The molecule has 0 aliphatic carbocycles. The maximum atomic E-state index is 8.63. The Morgan fingerprint density at radius 2 is 2.09 bits per heavy atom. The summed E-state index contributed by atoms with van der Waals surface area (Å²) in [7, 11) is 0. The van der Waals surface area contributed by atoms with Gasteiger partial charge in [0, 0.05) is 6.61 Å². The minimum absolute atomic E-state index is 0.328. The van der Waals surface area contributed by atoms with Gasteiger partial charge in [-0.15, -0.1) is 6.58 Å². The molecule has 1 heteroatoms. The first kappa shape index (κ1) is 10.7. The minimum Gasteiger partial charge on any atom is -0.396 e. The smallest absolute Gasteiger partial charge is 0.0433 e. The third kappa shape index (κ3) is 7.60. The van der Waals surface area contributed by atoms with E-state index < -0.39 is 0 Å². The van der Waals surface area contributed by atoms with E-state index in [1.54, 1.807) is 0 Å². The standard InChI is InChI=1S/C10H20O/c1-9(2)5-4-6-10(3)7-8-11/h10-11H,1,4-8H2,2-3H3.